The number of rotatable bonds is 2. The molecule has 1 saturated carbocycles. The number of aromatic nitrogens is 1. The predicted octanol–water partition coefficient (Wildman–Crippen LogP) is 2.00. The Hall–Kier alpha value is -0.810. The van der Waals surface area contributed by atoms with E-state index in [1.165, 1.54) is 12.8 Å². The fourth-order valence-electron chi connectivity index (χ4n) is 2.59. The number of nitrogens with zero attached hydrogens (tertiary/aromatic N) is 2. The highest BCUT2D eigenvalue weighted by Gasteiger charge is 2.34. The maximum absolute atomic E-state index is 12.5. The van der Waals surface area contributed by atoms with Crippen LogP contribution < -0.4 is 5.73 Å². The Labute approximate surface area is 115 Å². The van der Waals surface area contributed by atoms with Gasteiger partial charge in [-0.3, -0.25) is 4.79 Å². The Kier molecular flexibility index (Phi) is 2.98. The molecule has 1 aliphatic carbocycles. The van der Waals surface area contributed by atoms with E-state index in [9.17, 15) is 4.79 Å². The lowest BCUT2D eigenvalue weighted by Crippen LogP contribution is -2.33. The first-order chi connectivity index (χ1) is 8.56. The number of likely N-dealkylation sites (tertiary alicyclic amines) is 1. The molecule has 1 amide bonds. The summed E-state index contributed by atoms with van der Waals surface area (Å²) in [4.78, 5) is 14.4. The standard InChI is InChI=1S/C13H18BrN3O/c1-8-5-16(7-11(8)15)13(18)12-4-9(14)6-17(12)10-2-3-10/h4,6,8,10-11H,2-3,5,7,15H2,1H3. The van der Waals surface area contributed by atoms with Crippen LogP contribution in [-0.4, -0.2) is 34.5 Å². The highest BCUT2D eigenvalue weighted by Crippen LogP contribution is 2.38. The molecule has 18 heavy (non-hydrogen) atoms. The number of halogens is 1. The quantitative estimate of drug-likeness (QED) is 0.908. The van der Waals surface area contributed by atoms with E-state index in [1.54, 1.807) is 0 Å². The van der Waals surface area contributed by atoms with Gasteiger partial charge in [0.15, 0.2) is 0 Å². The molecule has 2 atom stereocenters. The van der Waals surface area contributed by atoms with E-state index in [2.05, 4.69) is 27.4 Å². The van der Waals surface area contributed by atoms with Gasteiger partial charge in [-0.25, -0.2) is 0 Å². The first-order valence-electron chi connectivity index (χ1n) is 6.48. The number of amides is 1. The van der Waals surface area contributed by atoms with E-state index in [1.807, 2.05) is 17.2 Å². The van der Waals surface area contributed by atoms with Gasteiger partial charge in [0.1, 0.15) is 5.69 Å². The number of hydrogen-bond donors (Lipinski definition) is 1. The van der Waals surface area contributed by atoms with Crippen molar-refractivity contribution < 1.29 is 4.79 Å². The molecule has 4 nitrogen and oxygen atoms in total. The first kappa shape index (κ1) is 12.2. The van der Waals surface area contributed by atoms with Crippen molar-refractivity contribution in [1.29, 1.82) is 0 Å². The van der Waals surface area contributed by atoms with E-state index >= 15 is 0 Å². The molecule has 0 aromatic carbocycles. The van der Waals surface area contributed by atoms with Crippen molar-refractivity contribution in [2.45, 2.75) is 31.8 Å². The summed E-state index contributed by atoms with van der Waals surface area (Å²) >= 11 is 3.46. The SMILES string of the molecule is CC1CN(C(=O)c2cc(Br)cn2C2CC2)CC1N. The topological polar surface area (TPSA) is 51.3 Å². The summed E-state index contributed by atoms with van der Waals surface area (Å²) < 4.78 is 3.09. The van der Waals surface area contributed by atoms with Crippen molar-refractivity contribution in [1.82, 2.24) is 9.47 Å². The molecule has 2 unspecified atom stereocenters. The van der Waals surface area contributed by atoms with Gasteiger partial charge in [0.25, 0.3) is 5.91 Å². The lowest BCUT2D eigenvalue weighted by molar-refractivity contribution is 0.0776. The van der Waals surface area contributed by atoms with Crippen LogP contribution in [0.1, 0.15) is 36.3 Å². The third-order valence-electron chi connectivity index (χ3n) is 3.93. The third-order valence-corrected chi connectivity index (χ3v) is 4.37. The molecule has 0 radical (unpaired) electrons. The number of nitrogens with two attached hydrogens (primary N) is 1. The zero-order chi connectivity index (χ0) is 12.9. The summed E-state index contributed by atoms with van der Waals surface area (Å²) in [5.74, 6) is 0.508. The smallest absolute Gasteiger partial charge is 0.270 e. The molecule has 1 aromatic heterocycles. The summed E-state index contributed by atoms with van der Waals surface area (Å²) in [5, 5.41) is 0. The highest BCUT2D eigenvalue weighted by molar-refractivity contribution is 9.10. The lowest BCUT2D eigenvalue weighted by atomic mass is 10.1. The van der Waals surface area contributed by atoms with Crippen LogP contribution in [0.3, 0.4) is 0 Å². The van der Waals surface area contributed by atoms with Gasteiger partial charge in [0, 0.05) is 35.8 Å². The Bertz CT molecular complexity index is 471. The number of carbonyl (C=O) groups is 1. The summed E-state index contributed by atoms with van der Waals surface area (Å²) in [7, 11) is 0. The second-order valence-corrected chi connectivity index (χ2v) is 6.45. The van der Waals surface area contributed by atoms with Crippen molar-refractivity contribution in [2.75, 3.05) is 13.1 Å². The minimum Gasteiger partial charge on any atom is -0.339 e. The van der Waals surface area contributed by atoms with Crippen LogP contribution in [-0.2, 0) is 0 Å². The van der Waals surface area contributed by atoms with E-state index < -0.39 is 0 Å². The Morgan fingerprint density at radius 1 is 1.44 bits per heavy atom. The van der Waals surface area contributed by atoms with Crippen molar-refractivity contribution in [3.8, 4) is 0 Å². The average Bonchev–Trinajstić information content (AvgIpc) is 3.02. The van der Waals surface area contributed by atoms with Gasteiger partial charge in [-0.15, -0.1) is 0 Å². The lowest BCUT2D eigenvalue weighted by Gasteiger charge is -2.17. The van der Waals surface area contributed by atoms with Crippen molar-refractivity contribution >= 4 is 21.8 Å². The molecule has 2 aliphatic rings. The van der Waals surface area contributed by atoms with Gasteiger partial charge in [-0.05, 0) is 40.8 Å². The van der Waals surface area contributed by atoms with Crippen molar-refractivity contribution in [3.63, 3.8) is 0 Å². The van der Waals surface area contributed by atoms with Crippen LogP contribution >= 0.6 is 15.9 Å². The zero-order valence-electron chi connectivity index (χ0n) is 10.5. The monoisotopic (exact) mass is 311 g/mol. The normalized spacial score (nSPS) is 27.8. The van der Waals surface area contributed by atoms with Gasteiger partial charge in [0.05, 0.1) is 0 Å². The molecule has 0 spiro atoms. The molecular weight excluding hydrogens is 294 g/mol. The van der Waals surface area contributed by atoms with Gasteiger partial charge in [-0.1, -0.05) is 6.92 Å². The molecule has 1 aliphatic heterocycles. The highest BCUT2D eigenvalue weighted by atomic mass is 79.9. The molecule has 0 bridgehead atoms. The average molecular weight is 312 g/mol. The Morgan fingerprint density at radius 3 is 2.72 bits per heavy atom. The van der Waals surface area contributed by atoms with Crippen LogP contribution in [0.2, 0.25) is 0 Å². The molecule has 2 N–H and O–H groups in total. The Morgan fingerprint density at radius 2 is 2.17 bits per heavy atom. The molecular formula is C13H18BrN3O. The van der Waals surface area contributed by atoms with Crippen molar-refractivity contribution in [3.05, 3.63) is 22.4 Å². The van der Waals surface area contributed by atoms with Crippen LogP contribution in [0, 0.1) is 5.92 Å². The minimum atomic E-state index is 0.113. The largest absolute Gasteiger partial charge is 0.339 e. The van der Waals surface area contributed by atoms with Crippen LogP contribution in [0.15, 0.2) is 16.7 Å². The zero-order valence-corrected chi connectivity index (χ0v) is 12.1. The van der Waals surface area contributed by atoms with Gasteiger partial charge < -0.3 is 15.2 Å². The minimum absolute atomic E-state index is 0.113. The van der Waals surface area contributed by atoms with E-state index in [-0.39, 0.29) is 11.9 Å². The second-order valence-electron chi connectivity index (χ2n) is 5.53. The number of carbonyl (C=O) groups excluding carboxylic acids is 1. The number of hydrogen-bond acceptors (Lipinski definition) is 2. The fraction of sp³-hybridized carbons (Fsp3) is 0.615. The summed E-state index contributed by atoms with van der Waals surface area (Å²) in [5.41, 5.74) is 6.79. The maximum Gasteiger partial charge on any atom is 0.270 e. The summed E-state index contributed by atoms with van der Waals surface area (Å²) in [6, 6.07) is 2.56. The predicted molar refractivity (Wildman–Crippen MR) is 73.4 cm³/mol. The maximum atomic E-state index is 12.5. The third kappa shape index (κ3) is 2.10. The van der Waals surface area contributed by atoms with Gasteiger partial charge >= 0.3 is 0 Å². The van der Waals surface area contributed by atoms with Gasteiger partial charge in [-0.2, -0.15) is 0 Å². The van der Waals surface area contributed by atoms with Gasteiger partial charge in [0.2, 0.25) is 0 Å². The first-order valence-corrected chi connectivity index (χ1v) is 7.28. The Balaban J connectivity index is 1.84. The van der Waals surface area contributed by atoms with Crippen molar-refractivity contribution in [2.24, 2.45) is 11.7 Å². The van der Waals surface area contributed by atoms with Crippen LogP contribution in [0.25, 0.3) is 0 Å². The van der Waals surface area contributed by atoms with Crippen LogP contribution in [0.5, 0.6) is 0 Å². The summed E-state index contributed by atoms with van der Waals surface area (Å²) in [6.07, 6.45) is 4.37. The van der Waals surface area contributed by atoms with E-state index in [4.69, 9.17) is 5.73 Å². The second kappa shape index (κ2) is 4.38. The van der Waals surface area contributed by atoms with E-state index in [0.717, 1.165) is 16.7 Å². The molecule has 1 aromatic rings. The molecule has 2 fully saturated rings. The molecule has 3 rings (SSSR count). The summed E-state index contributed by atoms with van der Waals surface area (Å²) in [6.45, 7) is 3.55. The van der Waals surface area contributed by atoms with Crippen LogP contribution in [0.4, 0.5) is 0 Å². The fourth-order valence-corrected chi connectivity index (χ4v) is 3.03. The van der Waals surface area contributed by atoms with E-state index in [0.29, 0.717) is 18.5 Å². The molecule has 1 saturated heterocycles. The molecule has 2 heterocycles. The molecule has 98 valence electrons. The molecule has 5 heteroatoms.